The molecular formula is C66H112O6. The van der Waals surface area contributed by atoms with Crippen molar-refractivity contribution >= 4 is 17.9 Å². The van der Waals surface area contributed by atoms with E-state index >= 15 is 0 Å². The van der Waals surface area contributed by atoms with Gasteiger partial charge >= 0.3 is 17.9 Å². The van der Waals surface area contributed by atoms with Crippen LogP contribution in [-0.4, -0.2) is 37.2 Å². The van der Waals surface area contributed by atoms with Gasteiger partial charge in [-0.25, -0.2) is 0 Å². The molecule has 0 aliphatic heterocycles. The standard InChI is InChI=1S/C66H112O6/c1-4-7-10-13-16-18-20-22-24-26-27-28-29-30-31-32-33-34-35-36-37-38-39-41-42-44-46-48-50-53-56-59-65(68)71-62-63(61-70-64(67)58-55-52-15-12-9-6-3)72-66(69)60-57-54-51-49-47-45-43-40-25-23-21-19-17-14-11-8-5-2/h7-8,10-11,16-19,22-25,27-28,30-31,63H,4-6,9,12-15,20-21,26,29,32-62H2,1-3H3/b10-7-,11-8-,18-16-,19-17-,24-22-,25-23-,28-27-,31-30-. The van der Waals surface area contributed by atoms with E-state index in [1.54, 1.807) is 0 Å². The second-order valence-corrected chi connectivity index (χ2v) is 19.9. The Balaban J connectivity index is 4.04. The topological polar surface area (TPSA) is 78.9 Å². The average Bonchev–Trinajstić information content (AvgIpc) is 3.38. The molecule has 0 radical (unpaired) electrons. The highest BCUT2D eigenvalue weighted by Gasteiger charge is 2.19. The maximum atomic E-state index is 12.8. The molecule has 0 aliphatic carbocycles. The van der Waals surface area contributed by atoms with Crippen molar-refractivity contribution in [1.82, 2.24) is 0 Å². The van der Waals surface area contributed by atoms with Crippen molar-refractivity contribution in [3.05, 3.63) is 97.2 Å². The molecule has 0 aromatic carbocycles. The number of ether oxygens (including phenoxy) is 3. The van der Waals surface area contributed by atoms with Crippen LogP contribution < -0.4 is 0 Å². The molecule has 0 aromatic rings. The maximum Gasteiger partial charge on any atom is 0.306 e. The van der Waals surface area contributed by atoms with Crippen molar-refractivity contribution in [3.8, 4) is 0 Å². The van der Waals surface area contributed by atoms with Gasteiger partial charge in [-0.3, -0.25) is 14.4 Å². The largest absolute Gasteiger partial charge is 0.462 e. The molecule has 0 aromatic heterocycles. The number of hydrogen-bond acceptors (Lipinski definition) is 6. The highest BCUT2D eigenvalue weighted by molar-refractivity contribution is 5.71. The molecule has 0 bridgehead atoms. The van der Waals surface area contributed by atoms with Crippen LogP contribution in [0, 0.1) is 0 Å². The Hall–Kier alpha value is -3.67. The van der Waals surface area contributed by atoms with E-state index in [1.807, 2.05) is 0 Å². The number of carbonyl (C=O) groups excluding carboxylic acids is 3. The van der Waals surface area contributed by atoms with Gasteiger partial charge in [0.15, 0.2) is 6.10 Å². The van der Waals surface area contributed by atoms with Gasteiger partial charge in [0.1, 0.15) is 13.2 Å². The molecule has 0 amide bonds. The van der Waals surface area contributed by atoms with Crippen molar-refractivity contribution in [1.29, 1.82) is 0 Å². The number of carbonyl (C=O) groups is 3. The van der Waals surface area contributed by atoms with Gasteiger partial charge in [-0.05, 0) is 96.3 Å². The maximum absolute atomic E-state index is 12.8. The third kappa shape index (κ3) is 57.2. The van der Waals surface area contributed by atoms with Crippen molar-refractivity contribution < 1.29 is 28.6 Å². The fraction of sp³-hybridized carbons (Fsp3) is 0.712. The Kier molecular flexibility index (Phi) is 56.8. The van der Waals surface area contributed by atoms with Crippen LogP contribution in [0.5, 0.6) is 0 Å². The second-order valence-electron chi connectivity index (χ2n) is 19.9. The van der Waals surface area contributed by atoms with E-state index in [2.05, 4.69) is 118 Å². The fourth-order valence-corrected chi connectivity index (χ4v) is 8.37. The minimum atomic E-state index is -0.779. The summed E-state index contributed by atoms with van der Waals surface area (Å²) in [5, 5.41) is 0. The first kappa shape index (κ1) is 68.3. The van der Waals surface area contributed by atoms with Gasteiger partial charge in [0.2, 0.25) is 0 Å². The summed E-state index contributed by atoms with van der Waals surface area (Å²) in [6.45, 7) is 6.36. The lowest BCUT2D eigenvalue weighted by Crippen LogP contribution is -2.30. The van der Waals surface area contributed by atoms with Crippen LogP contribution in [0.25, 0.3) is 0 Å². The first-order valence-corrected chi connectivity index (χ1v) is 30.2. The van der Waals surface area contributed by atoms with E-state index in [4.69, 9.17) is 14.2 Å². The van der Waals surface area contributed by atoms with Crippen LogP contribution in [0.4, 0.5) is 0 Å². The molecule has 0 aliphatic rings. The SMILES string of the molecule is CC/C=C\C/C=C\C/C=C\C/C=C\C/C=C\CCCCCCCCCCCCCCCCCC(=O)OCC(COC(=O)CCCCCCCC)OC(=O)CCCCCCCCC/C=C\C/C=C\C/C=C\CC. The van der Waals surface area contributed by atoms with Crippen LogP contribution in [0.15, 0.2) is 97.2 Å². The second kappa shape index (κ2) is 59.9. The fourth-order valence-electron chi connectivity index (χ4n) is 8.37. The minimum absolute atomic E-state index is 0.0795. The monoisotopic (exact) mass is 1000 g/mol. The van der Waals surface area contributed by atoms with Gasteiger partial charge in [0.05, 0.1) is 0 Å². The number of hydrogen-bond donors (Lipinski definition) is 0. The van der Waals surface area contributed by atoms with Crippen LogP contribution in [-0.2, 0) is 28.6 Å². The normalized spacial score (nSPS) is 12.8. The zero-order chi connectivity index (χ0) is 52.2. The van der Waals surface area contributed by atoms with E-state index in [9.17, 15) is 14.4 Å². The summed E-state index contributed by atoms with van der Waals surface area (Å²) in [6, 6.07) is 0. The van der Waals surface area contributed by atoms with Crippen LogP contribution in [0.1, 0.15) is 284 Å². The molecule has 0 saturated carbocycles. The molecule has 1 unspecified atom stereocenters. The van der Waals surface area contributed by atoms with Gasteiger partial charge in [0.25, 0.3) is 0 Å². The summed E-state index contributed by atoms with van der Waals surface area (Å²) in [5.74, 6) is -0.894. The molecule has 0 fully saturated rings. The molecule has 72 heavy (non-hydrogen) atoms. The number of allylic oxidation sites excluding steroid dienone is 16. The van der Waals surface area contributed by atoms with Gasteiger partial charge in [-0.2, -0.15) is 0 Å². The number of esters is 3. The first-order chi connectivity index (χ1) is 35.5. The molecule has 0 N–H and O–H groups in total. The lowest BCUT2D eigenvalue weighted by molar-refractivity contribution is -0.167. The molecule has 0 saturated heterocycles. The molecule has 412 valence electrons. The van der Waals surface area contributed by atoms with Crippen molar-refractivity contribution in [2.45, 2.75) is 290 Å². The van der Waals surface area contributed by atoms with Crippen LogP contribution in [0.2, 0.25) is 0 Å². The number of unbranched alkanes of at least 4 members (excludes halogenated alkanes) is 27. The van der Waals surface area contributed by atoms with Gasteiger partial charge in [-0.15, -0.1) is 0 Å². The van der Waals surface area contributed by atoms with Crippen LogP contribution >= 0.6 is 0 Å². The molecule has 1 atom stereocenters. The third-order valence-corrected chi connectivity index (χ3v) is 12.8. The Morgan fingerprint density at radius 3 is 0.847 bits per heavy atom. The summed E-state index contributed by atoms with van der Waals surface area (Å²) in [6.07, 6.45) is 80.2. The van der Waals surface area contributed by atoms with Gasteiger partial charge in [0, 0.05) is 19.3 Å². The Labute approximate surface area is 445 Å². The molecule has 6 nitrogen and oxygen atoms in total. The Morgan fingerprint density at radius 2 is 0.542 bits per heavy atom. The Morgan fingerprint density at radius 1 is 0.292 bits per heavy atom. The highest BCUT2D eigenvalue weighted by Crippen LogP contribution is 2.16. The number of rotatable bonds is 54. The molecule has 0 spiro atoms. The van der Waals surface area contributed by atoms with Crippen molar-refractivity contribution in [2.75, 3.05) is 13.2 Å². The molecule has 6 heteroatoms. The summed E-state index contributed by atoms with van der Waals surface area (Å²) >= 11 is 0. The van der Waals surface area contributed by atoms with E-state index < -0.39 is 6.10 Å². The van der Waals surface area contributed by atoms with E-state index in [-0.39, 0.29) is 31.1 Å². The van der Waals surface area contributed by atoms with Crippen LogP contribution in [0.3, 0.4) is 0 Å². The summed E-state index contributed by atoms with van der Waals surface area (Å²) < 4.78 is 16.8. The zero-order valence-corrected chi connectivity index (χ0v) is 47.2. The first-order valence-electron chi connectivity index (χ1n) is 30.2. The molecule has 0 heterocycles. The average molecular weight is 1000 g/mol. The van der Waals surface area contributed by atoms with Crippen molar-refractivity contribution in [2.24, 2.45) is 0 Å². The zero-order valence-electron chi connectivity index (χ0n) is 47.2. The third-order valence-electron chi connectivity index (χ3n) is 12.8. The lowest BCUT2D eigenvalue weighted by atomic mass is 10.0. The molecule has 0 rings (SSSR count). The Bertz CT molecular complexity index is 1430. The lowest BCUT2D eigenvalue weighted by Gasteiger charge is -2.18. The molecular weight excluding hydrogens is 889 g/mol. The summed E-state index contributed by atoms with van der Waals surface area (Å²) in [4.78, 5) is 37.9. The predicted octanol–water partition coefficient (Wildman–Crippen LogP) is 20.5. The van der Waals surface area contributed by atoms with E-state index in [0.717, 1.165) is 116 Å². The van der Waals surface area contributed by atoms with E-state index in [1.165, 1.54) is 128 Å². The summed E-state index contributed by atoms with van der Waals surface area (Å²) in [5.41, 5.74) is 0. The highest BCUT2D eigenvalue weighted by atomic mass is 16.6. The quantitative estimate of drug-likeness (QED) is 0.0261. The predicted molar refractivity (Wildman–Crippen MR) is 311 cm³/mol. The minimum Gasteiger partial charge on any atom is -0.462 e. The van der Waals surface area contributed by atoms with Gasteiger partial charge in [-0.1, -0.05) is 266 Å². The summed E-state index contributed by atoms with van der Waals surface area (Å²) in [7, 11) is 0. The smallest absolute Gasteiger partial charge is 0.306 e. The van der Waals surface area contributed by atoms with E-state index in [0.29, 0.717) is 19.3 Å². The van der Waals surface area contributed by atoms with Crippen molar-refractivity contribution in [3.63, 3.8) is 0 Å². The van der Waals surface area contributed by atoms with Gasteiger partial charge < -0.3 is 14.2 Å².